The van der Waals surface area contributed by atoms with E-state index in [2.05, 4.69) is 5.32 Å². The highest BCUT2D eigenvalue weighted by Crippen LogP contribution is 2.25. The molecule has 0 saturated heterocycles. The number of hydrogen-bond donors (Lipinski definition) is 2. The lowest BCUT2D eigenvalue weighted by Crippen LogP contribution is -2.08. The zero-order valence-corrected chi connectivity index (χ0v) is 10.7. The third-order valence-electron chi connectivity index (χ3n) is 2.93. The van der Waals surface area contributed by atoms with Crippen LogP contribution in [0.25, 0.3) is 0 Å². The molecule has 0 heterocycles. The lowest BCUT2D eigenvalue weighted by atomic mass is 10.1. The van der Waals surface area contributed by atoms with Crippen molar-refractivity contribution in [1.82, 2.24) is 0 Å². The summed E-state index contributed by atoms with van der Waals surface area (Å²) in [4.78, 5) is 9.89. The summed E-state index contributed by atoms with van der Waals surface area (Å²) in [6.07, 6.45) is 0. The number of halogens is 1. The van der Waals surface area contributed by atoms with E-state index in [1.165, 1.54) is 12.1 Å². The van der Waals surface area contributed by atoms with Crippen LogP contribution in [0, 0.1) is 15.9 Å². The van der Waals surface area contributed by atoms with Crippen LogP contribution in [0.3, 0.4) is 0 Å². The highest BCUT2D eigenvalue weighted by molar-refractivity contribution is 5.51. The molecule has 104 valence electrons. The van der Waals surface area contributed by atoms with Crippen molar-refractivity contribution in [3.8, 4) is 5.75 Å². The second-order valence-electron chi connectivity index (χ2n) is 4.38. The quantitative estimate of drug-likeness (QED) is 0.660. The van der Waals surface area contributed by atoms with Crippen molar-refractivity contribution in [2.24, 2.45) is 0 Å². The largest absolute Gasteiger partial charge is 0.508 e. The summed E-state index contributed by atoms with van der Waals surface area (Å²) in [5.41, 5.74) is 0.766. The lowest BCUT2D eigenvalue weighted by molar-refractivity contribution is -0.385. The van der Waals surface area contributed by atoms with E-state index < -0.39 is 10.7 Å². The smallest absolute Gasteiger partial charge is 0.272 e. The van der Waals surface area contributed by atoms with E-state index in [9.17, 15) is 19.6 Å². The molecule has 1 atom stereocenters. The molecule has 0 saturated carbocycles. The summed E-state index contributed by atoms with van der Waals surface area (Å²) in [5.74, 6) is -0.521. The first-order valence-electron chi connectivity index (χ1n) is 5.97. The molecular weight excluding hydrogens is 263 g/mol. The van der Waals surface area contributed by atoms with E-state index in [0.29, 0.717) is 0 Å². The van der Waals surface area contributed by atoms with E-state index in [-0.39, 0.29) is 23.2 Å². The van der Waals surface area contributed by atoms with Gasteiger partial charge in [-0.2, -0.15) is 0 Å². The first-order chi connectivity index (χ1) is 9.47. The molecule has 0 fully saturated rings. The molecule has 2 N–H and O–H groups in total. The fourth-order valence-electron chi connectivity index (χ4n) is 1.81. The van der Waals surface area contributed by atoms with Gasteiger partial charge in [0.05, 0.1) is 16.7 Å². The van der Waals surface area contributed by atoms with Crippen LogP contribution in [0.1, 0.15) is 18.5 Å². The van der Waals surface area contributed by atoms with Gasteiger partial charge in [0, 0.05) is 12.1 Å². The van der Waals surface area contributed by atoms with Crippen molar-refractivity contribution in [3.05, 3.63) is 64.0 Å². The van der Waals surface area contributed by atoms with Crippen LogP contribution in [0.15, 0.2) is 42.5 Å². The number of anilines is 1. The summed E-state index contributed by atoms with van der Waals surface area (Å²) in [6.45, 7) is 1.83. The molecule has 0 aliphatic heterocycles. The van der Waals surface area contributed by atoms with Gasteiger partial charge in [-0.25, -0.2) is 4.39 Å². The Labute approximate surface area is 114 Å². The maximum atomic E-state index is 13.7. The maximum absolute atomic E-state index is 13.7. The molecule has 0 aliphatic rings. The van der Waals surface area contributed by atoms with Crippen LogP contribution in [0.2, 0.25) is 0 Å². The van der Waals surface area contributed by atoms with Gasteiger partial charge in [-0.1, -0.05) is 12.1 Å². The molecule has 5 nitrogen and oxygen atoms in total. The number of nitrogens with zero attached hydrogens (tertiary/aromatic N) is 1. The first-order valence-corrected chi connectivity index (χ1v) is 5.97. The minimum Gasteiger partial charge on any atom is -0.508 e. The number of rotatable bonds is 4. The Morgan fingerprint density at radius 2 is 1.90 bits per heavy atom. The summed E-state index contributed by atoms with van der Waals surface area (Å²) in [5, 5.41) is 22.7. The molecule has 2 aromatic rings. The topological polar surface area (TPSA) is 75.4 Å². The van der Waals surface area contributed by atoms with Crippen LogP contribution in [-0.4, -0.2) is 10.0 Å². The molecule has 0 radical (unpaired) electrons. The number of phenolic OH excluding ortho intramolecular Hbond substituents is 1. The minimum atomic E-state index is -0.676. The van der Waals surface area contributed by atoms with Gasteiger partial charge in [-0.3, -0.25) is 10.1 Å². The Morgan fingerprint density at radius 1 is 1.25 bits per heavy atom. The van der Waals surface area contributed by atoms with Gasteiger partial charge in [0.15, 0.2) is 5.82 Å². The monoisotopic (exact) mass is 276 g/mol. The summed E-state index contributed by atoms with van der Waals surface area (Å²) in [6, 6.07) is 9.78. The number of benzene rings is 2. The van der Waals surface area contributed by atoms with Crippen molar-refractivity contribution >= 4 is 11.4 Å². The van der Waals surface area contributed by atoms with E-state index in [1.807, 2.05) is 6.92 Å². The zero-order valence-electron chi connectivity index (χ0n) is 10.7. The standard InChI is InChI=1S/C14H13FN2O3/c1-9(10-2-5-12(18)6-3-10)16-14-7-4-11(17(19)20)8-13(14)15/h2-9,16,18H,1H3. The molecule has 1 unspecified atom stereocenters. The predicted octanol–water partition coefficient (Wildman–Crippen LogP) is 3.61. The molecule has 0 spiro atoms. The van der Waals surface area contributed by atoms with Gasteiger partial charge in [0.2, 0.25) is 0 Å². The molecular formula is C14H13FN2O3. The summed E-state index contributed by atoms with van der Waals surface area (Å²) >= 11 is 0. The van der Waals surface area contributed by atoms with E-state index in [1.54, 1.807) is 24.3 Å². The van der Waals surface area contributed by atoms with Crippen molar-refractivity contribution < 1.29 is 14.4 Å². The van der Waals surface area contributed by atoms with Crippen LogP contribution >= 0.6 is 0 Å². The SMILES string of the molecule is CC(Nc1ccc([N+](=O)[O-])cc1F)c1ccc(O)cc1. The molecule has 0 bridgehead atoms. The lowest BCUT2D eigenvalue weighted by Gasteiger charge is -2.16. The Morgan fingerprint density at radius 3 is 2.45 bits per heavy atom. The third-order valence-corrected chi connectivity index (χ3v) is 2.93. The van der Waals surface area contributed by atoms with Crippen molar-refractivity contribution in [2.45, 2.75) is 13.0 Å². The molecule has 20 heavy (non-hydrogen) atoms. The Bertz CT molecular complexity index is 629. The molecule has 0 aliphatic carbocycles. The van der Waals surface area contributed by atoms with E-state index in [0.717, 1.165) is 11.6 Å². The van der Waals surface area contributed by atoms with Crippen LogP contribution in [0.5, 0.6) is 5.75 Å². The Balaban J connectivity index is 2.17. The summed E-state index contributed by atoms with van der Waals surface area (Å²) in [7, 11) is 0. The average Bonchev–Trinajstić information content (AvgIpc) is 2.41. The molecule has 0 amide bonds. The van der Waals surface area contributed by atoms with Gasteiger partial charge in [0.25, 0.3) is 5.69 Å². The van der Waals surface area contributed by atoms with Crippen molar-refractivity contribution in [3.63, 3.8) is 0 Å². The highest BCUT2D eigenvalue weighted by atomic mass is 19.1. The fraction of sp³-hybridized carbons (Fsp3) is 0.143. The molecule has 6 heteroatoms. The van der Waals surface area contributed by atoms with Gasteiger partial charge >= 0.3 is 0 Å². The molecule has 2 aromatic carbocycles. The fourth-order valence-corrected chi connectivity index (χ4v) is 1.81. The van der Waals surface area contributed by atoms with Crippen LogP contribution in [-0.2, 0) is 0 Å². The predicted molar refractivity (Wildman–Crippen MR) is 73.2 cm³/mol. The van der Waals surface area contributed by atoms with Gasteiger partial charge < -0.3 is 10.4 Å². The number of hydrogen-bond acceptors (Lipinski definition) is 4. The normalized spacial score (nSPS) is 11.9. The van der Waals surface area contributed by atoms with Crippen molar-refractivity contribution in [2.75, 3.05) is 5.32 Å². The number of nitro benzene ring substituents is 1. The van der Waals surface area contributed by atoms with Gasteiger partial charge in [-0.05, 0) is 30.7 Å². The number of non-ortho nitro benzene ring substituents is 1. The maximum Gasteiger partial charge on any atom is 0.272 e. The molecule has 2 rings (SSSR count). The average molecular weight is 276 g/mol. The number of nitrogens with one attached hydrogen (secondary N) is 1. The number of nitro groups is 1. The van der Waals surface area contributed by atoms with Crippen LogP contribution in [0.4, 0.5) is 15.8 Å². The number of aromatic hydroxyl groups is 1. The van der Waals surface area contributed by atoms with Gasteiger partial charge in [-0.15, -0.1) is 0 Å². The molecule has 0 aromatic heterocycles. The number of phenols is 1. The second-order valence-corrected chi connectivity index (χ2v) is 4.38. The highest BCUT2D eigenvalue weighted by Gasteiger charge is 2.13. The van der Waals surface area contributed by atoms with E-state index >= 15 is 0 Å². The van der Waals surface area contributed by atoms with Crippen molar-refractivity contribution in [1.29, 1.82) is 0 Å². The summed E-state index contributed by atoms with van der Waals surface area (Å²) < 4.78 is 13.7. The van der Waals surface area contributed by atoms with Crippen LogP contribution < -0.4 is 5.32 Å². The second kappa shape index (κ2) is 5.56. The Kier molecular flexibility index (Phi) is 3.84. The third kappa shape index (κ3) is 3.03. The zero-order chi connectivity index (χ0) is 14.7. The Hall–Kier alpha value is -2.63. The first kappa shape index (κ1) is 13.8. The van der Waals surface area contributed by atoms with E-state index in [4.69, 9.17) is 0 Å². The van der Waals surface area contributed by atoms with Gasteiger partial charge in [0.1, 0.15) is 5.75 Å². The minimum absolute atomic E-state index is 0.155.